The molecule has 0 aliphatic heterocycles. The van der Waals surface area contributed by atoms with Gasteiger partial charge in [0.1, 0.15) is 6.54 Å². The van der Waals surface area contributed by atoms with E-state index in [-0.39, 0.29) is 0 Å². The zero-order valence-corrected chi connectivity index (χ0v) is 11.8. The molecule has 0 aromatic heterocycles. The summed E-state index contributed by atoms with van der Waals surface area (Å²) in [4.78, 5) is 0. The lowest BCUT2D eigenvalue weighted by atomic mass is 10.1. The first-order valence-corrected chi connectivity index (χ1v) is 7.08. The molecule has 0 aromatic rings. The average molecular weight is 234 g/mol. The Labute approximate surface area is 107 Å². The van der Waals surface area contributed by atoms with Gasteiger partial charge < -0.3 is 4.48 Å². The van der Waals surface area contributed by atoms with Crippen LogP contribution in [0, 0.1) is 0 Å². The highest BCUT2D eigenvalue weighted by Crippen LogP contribution is 2.12. The lowest BCUT2D eigenvalue weighted by molar-refractivity contribution is -0.885. The van der Waals surface area contributed by atoms with Crippen molar-refractivity contribution in [1.29, 1.82) is 0 Å². The van der Waals surface area contributed by atoms with Gasteiger partial charge in [0.2, 0.25) is 0 Å². The van der Waals surface area contributed by atoms with Gasteiger partial charge in [-0.15, -0.1) is 5.73 Å². The molecule has 96 valence electrons. The van der Waals surface area contributed by atoms with E-state index in [1.807, 2.05) is 6.08 Å². The summed E-state index contributed by atoms with van der Waals surface area (Å²) < 4.78 is 1.09. The normalized spacial score (nSPS) is 14.4. The van der Waals surface area contributed by atoms with Crippen molar-refractivity contribution in [1.82, 2.24) is 0 Å². The Kier molecular flexibility index (Phi) is 6.32. The van der Waals surface area contributed by atoms with E-state index >= 15 is 0 Å². The minimum absolute atomic E-state index is 1.09. The molecule has 1 heteroatoms. The smallest absolute Gasteiger partial charge is 0.111 e. The van der Waals surface area contributed by atoms with Crippen LogP contribution >= 0.6 is 0 Å². The predicted molar refractivity (Wildman–Crippen MR) is 76.0 cm³/mol. The average Bonchev–Trinajstić information content (AvgIpc) is 2.75. The van der Waals surface area contributed by atoms with Crippen LogP contribution in [0.5, 0.6) is 0 Å². The van der Waals surface area contributed by atoms with E-state index in [1.54, 1.807) is 0 Å². The van der Waals surface area contributed by atoms with Gasteiger partial charge in [-0.3, -0.25) is 0 Å². The fourth-order valence-electron chi connectivity index (χ4n) is 2.33. The summed E-state index contributed by atoms with van der Waals surface area (Å²) in [5, 5.41) is 0. The Hall–Kier alpha value is -0.780. The van der Waals surface area contributed by atoms with Crippen LogP contribution < -0.4 is 0 Å². The quantitative estimate of drug-likeness (QED) is 0.320. The first kappa shape index (κ1) is 14.3. The summed E-state index contributed by atoms with van der Waals surface area (Å²) in [5.41, 5.74) is 4.64. The molecule has 0 fully saturated rings. The maximum absolute atomic E-state index is 3.30. The molecule has 1 rings (SSSR count). The zero-order valence-electron chi connectivity index (χ0n) is 11.8. The van der Waals surface area contributed by atoms with Crippen molar-refractivity contribution in [3.05, 3.63) is 29.5 Å². The molecule has 1 aliphatic carbocycles. The molecule has 17 heavy (non-hydrogen) atoms. The number of nitrogens with zero attached hydrogens (tertiary/aromatic N) is 1. The molecule has 0 bridgehead atoms. The SMILES string of the molecule is CCCCCCCC[N+](C)(C)CC1=C=CC=C1. The molecule has 0 amide bonds. The lowest BCUT2D eigenvalue weighted by Gasteiger charge is -2.29. The highest BCUT2D eigenvalue weighted by atomic mass is 15.3. The number of likely N-dealkylation sites (N-methyl/N-ethyl adjacent to an activating group) is 1. The van der Waals surface area contributed by atoms with Crippen LogP contribution in [0.3, 0.4) is 0 Å². The summed E-state index contributed by atoms with van der Waals surface area (Å²) in [6.07, 6.45) is 14.6. The number of allylic oxidation sites excluding steroid dienone is 1. The van der Waals surface area contributed by atoms with Crippen LogP contribution in [0.2, 0.25) is 0 Å². The van der Waals surface area contributed by atoms with E-state index < -0.39 is 0 Å². The Morgan fingerprint density at radius 1 is 1.06 bits per heavy atom. The summed E-state index contributed by atoms with van der Waals surface area (Å²) >= 11 is 0. The van der Waals surface area contributed by atoms with Gasteiger partial charge in [-0.1, -0.05) is 38.7 Å². The second-order valence-electron chi connectivity index (χ2n) is 5.78. The van der Waals surface area contributed by atoms with E-state index in [0.717, 1.165) is 11.0 Å². The van der Waals surface area contributed by atoms with Crippen molar-refractivity contribution in [2.45, 2.75) is 45.4 Å². The zero-order chi connectivity index (χ0) is 12.6. The van der Waals surface area contributed by atoms with Gasteiger partial charge >= 0.3 is 0 Å². The van der Waals surface area contributed by atoms with Gasteiger partial charge in [-0.25, -0.2) is 0 Å². The Balaban J connectivity index is 2.12. The van der Waals surface area contributed by atoms with Gasteiger partial charge in [0.25, 0.3) is 0 Å². The number of hydrogen-bond donors (Lipinski definition) is 0. The van der Waals surface area contributed by atoms with E-state index in [4.69, 9.17) is 0 Å². The van der Waals surface area contributed by atoms with Crippen molar-refractivity contribution in [2.24, 2.45) is 0 Å². The minimum Gasteiger partial charge on any atom is -0.324 e. The molecular weight excluding hydrogens is 206 g/mol. The van der Waals surface area contributed by atoms with Crippen molar-refractivity contribution < 1.29 is 4.48 Å². The van der Waals surface area contributed by atoms with Gasteiger partial charge in [0.15, 0.2) is 0 Å². The molecule has 1 nitrogen and oxygen atoms in total. The number of hydrogen-bond acceptors (Lipinski definition) is 0. The molecule has 1 aliphatic rings. The standard InChI is InChI=1S/C16H28N/c1-4-5-6-7-8-11-14-17(2,3)15-16-12-9-10-13-16/h9-10,12H,4-8,11,14-15H2,1-3H3/q+1. The fraction of sp³-hybridized carbons (Fsp3) is 0.688. The third-order valence-electron chi connectivity index (χ3n) is 3.38. The van der Waals surface area contributed by atoms with Crippen molar-refractivity contribution in [3.63, 3.8) is 0 Å². The van der Waals surface area contributed by atoms with Crippen LogP contribution in [0.25, 0.3) is 0 Å². The van der Waals surface area contributed by atoms with Gasteiger partial charge in [-0.2, -0.15) is 0 Å². The fourth-order valence-corrected chi connectivity index (χ4v) is 2.33. The minimum atomic E-state index is 1.09. The monoisotopic (exact) mass is 234 g/mol. The van der Waals surface area contributed by atoms with Crippen LogP contribution in [-0.4, -0.2) is 31.7 Å². The topological polar surface area (TPSA) is 0 Å². The number of quaternary nitrogens is 1. The van der Waals surface area contributed by atoms with Gasteiger partial charge in [0, 0.05) is 5.57 Å². The molecule has 0 saturated heterocycles. The molecule has 0 radical (unpaired) electrons. The predicted octanol–water partition coefficient (Wildman–Crippen LogP) is 4.07. The molecule has 0 saturated carbocycles. The third-order valence-corrected chi connectivity index (χ3v) is 3.38. The molecule has 0 N–H and O–H groups in total. The highest BCUT2D eigenvalue weighted by molar-refractivity contribution is 5.29. The molecular formula is C16H28N+. The third kappa shape index (κ3) is 6.51. The first-order valence-electron chi connectivity index (χ1n) is 7.08. The largest absolute Gasteiger partial charge is 0.324 e. The molecule has 0 aromatic carbocycles. The highest BCUT2D eigenvalue weighted by Gasteiger charge is 2.16. The maximum Gasteiger partial charge on any atom is 0.111 e. The summed E-state index contributed by atoms with van der Waals surface area (Å²) in [7, 11) is 4.65. The number of rotatable bonds is 9. The second-order valence-corrected chi connectivity index (χ2v) is 5.78. The Morgan fingerprint density at radius 2 is 1.76 bits per heavy atom. The van der Waals surface area contributed by atoms with Crippen LogP contribution in [0.1, 0.15) is 45.4 Å². The van der Waals surface area contributed by atoms with Crippen LogP contribution in [0.15, 0.2) is 29.5 Å². The Bertz CT molecular complexity index is 303. The molecule has 0 heterocycles. The first-order chi connectivity index (χ1) is 8.14. The Morgan fingerprint density at radius 3 is 2.41 bits per heavy atom. The molecule has 0 atom stereocenters. The van der Waals surface area contributed by atoms with Crippen molar-refractivity contribution in [3.8, 4) is 0 Å². The summed E-state index contributed by atoms with van der Waals surface area (Å²) in [6, 6.07) is 0. The molecule has 0 spiro atoms. The van der Waals surface area contributed by atoms with Crippen molar-refractivity contribution >= 4 is 0 Å². The number of unbranched alkanes of at least 4 members (excludes halogenated alkanes) is 5. The van der Waals surface area contributed by atoms with E-state index in [2.05, 4.69) is 38.9 Å². The summed E-state index contributed by atoms with van der Waals surface area (Å²) in [5.74, 6) is 0. The van der Waals surface area contributed by atoms with Gasteiger partial charge in [-0.05, 0) is 25.0 Å². The maximum atomic E-state index is 3.30. The second kappa shape index (κ2) is 7.53. The summed E-state index contributed by atoms with van der Waals surface area (Å²) in [6.45, 7) is 4.67. The van der Waals surface area contributed by atoms with Gasteiger partial charge in [0.05, 0.1) is 20.6 Å². The van der Waals surface area contributed by atoms with Crippen LogP contribution in [0.4, 0.5) is 0 Å². The van der Waals surface area contributed by atoms with E-state index in [1.165, 1.54) is 50.6 Å². The van der Waals surface area contributed by atoms with Crippen LogP contribution in [-0.2, 0) is 0 Å². The van der Waals surface area contributed by atoms with E-state index in [0.29, 0.717) is 0 Å². The lowest BCUT2D eigenvalue weighted by Crippen LogP contribution is -2.41. The van der Waals surface area contributed by atoms with E-state index in [9.17, 15) is 0 Å². The van der Waals surface area contributed by atoms with Crippen molar-refractivity contribution in [2.75, 3.05) is 27.2 Å². The molecule has 0 unspecified atom stereocenters.